The van der Waals surface area contributed by atoms with Crippen LogP contribution in [0, 0.1) is 0 Å². The van der Waals surface area contributed by atoms with E-state index in [9.17, 15) is 14.4 Å². The molecular formula is C22H43N3O6. The number of rotatable bonds is 15. The largest absolute Gasteiger partial charge is 0.450 e. The van der Waals surface area contributed by atoms with Crippen molar-refractivity contribution in [1.82, 2.24) is 15.5 Å². The summed E-state index contributed by atoms with van der Waals surface area (Å²) in [6, 6.07) is 0. The molecule has 0 saturated carbocycles. The first-order chi connectivity index (χ1) is 14.7. The summed E-state index contributed by atoms with van der Waals surface area (Å²) in [6.45, 7) is 12.2. The Morgan fingerprint density at radius 3 is 1.90 bits per heavy atom. The van der Waals surface area contributed by atoms with E-state index in [0.717, 1.165) is 25.7 Å². The van der Waals surface area contributed by atoms with Gasteiger partial charge < -0.3 is 29.7 Å². The van der Waals surface area contributed by atoms with Crippen LogP contribution >= 0.6 is 0 Å². The number of amides is 3. The lowest BCUT2D eigenvalue weighted by Gasteiger charge is -2.22. The second-order valence-electron chi connectivity index (χ2n) is 8.36. The maximum atomic E-state index is 12.4. The second-order valence-corrected chi connectivity index (χ2v) is 8.36. The van der Waals surface area contributed by atoms with Crippen molar-refractivity contribution in [1.29, 1.82) is 0 Å². The lowest BCUT2D eigenvalue weighted by Crippen LogP contribution is -2.36. The SMILES string of the molecule is CCCCOC(=O)NCCCN(CCCCNC(=O)OC(C)(C)C)C(=O)OCCCC. The fraction of sp³-hybridized carbons (Fsp3) is 0.864. The topological polar surface area (TPSA) is 106 Å². The van der Waals surface area contributed by atoms with E-state index >= 15 is 0 Å². The highest BCUT2D eigenvalue weighted by molar-refractivity contribution is 5.68. The zero-order valence-corrected chi connectivity index (χ0v) is 20.1. The number of hydrogen-bond acceptors (Lipinski definition) is 6. The summed E-state index contributed by atoms with van der Waals surface area (Å²) in [5.41, 5.74) is -0.528. The van der Waals surface area contributed by atoms with Crippen LogP contribution in [0.2, 0.25) is 0 Å². The van der Waals surface area contributed by atoms with Gasteiger partial charge in [0.25, 0.3) is 0 Å². The molecule has 0 aliphatic rings. The summed E-state index contributed by atoms with van der Waals surface area (Å²) >= 11 is 0. The van der Waals surface area contributed by atoms with Crippen molar-refractivity contribution in [2.24, 2.45) is 0 Å². The maximum Gasteiger partial charge on any atom is 0.409 e. The zero-order valence-electron chi connectivity index (χ0n) is 20.1. The van der Waals surface area contributed by atoms with Gasteiger partial charge in [0.2, 0.25) is 0 Å². The standard InChI is InChI=1S/C22H43N3O6/c1-6-8-17-29-19(26)23-14-12-16-25(21(28)30-18-9-7-2)15-11-10-13-24-20(27)31-22(3,4)5/h6-18H2,1-5H3,(H,23,26)(H,24,27). The Kier molecular flexibility index (Phi) is 16.3. The molecule has 0 spiro atoms. The highest BCUT2D eigenvalue weighted by Crippen LogP contribution is 2.06. The van der Waals surface area contributed by atoms with Crippen LogP contribution in [0.1, 0.15) is 79.6 Å². The number of alkyl carbamates (subject to hydrolysis) is 2. The van der Waals surface area contributed by atoms with Gasteiger partial charge in [-0.15, -0.1) is 0 Å². The third kappa shape index (κ3) is 18.3. The zero-order chi connectivity index (χ0) is 23.5. The first-order valence-electron chi connectivity index (χ1n) is 11.5. The molecule has 0 fully saturated rings. The number of hydrogen-bond donors (Lipinski definition) is 2. The molecule has 0 aromatic heterocycles. The van der Waals surface area contributed by atoms with Crippen LogP contribution in [0.25, 0.3) is 0 Å². The summed E-state index contributed by atoms with van der Waals surface area (Å²) in [7, 11) is 0. The second kappa shape index (κ2) is 17.5. The van der Waals surface area contributed by atoms with E-state index in [-0.39, 0.29) is 6.09 Å². The highest BCUT2D eigenvalue weighted by Gasteiger charge is 2.16. The van der Waals surface area contributed by atoms with E-state index < -0.39 is 17.8 Å². The first-order valence-corrected chi connectivity index (χ1v) is 11.5. The van der Waals surface area contributed by atoms with Gasteiger partial charge in [-0.1, -0.05) is 26.7 Å². The predicted molar refractivity (Wildman–Crippen MR) is 120 cm³/mol. The Balaban J connectivity index is 4.25. The number of unbranched alkanes of at least 4 members (excludes halogenated alkanes) is 3. The molecule has 3 amide bonds. The van der Waals surface area contributed by atoms with Crippen LogP contribution in [0.4, 0.5) is 14.4 Å². The first kappa shape index (κ1) is 28.8. The van der Waals surface area contributed by atoms with Crippen LogP contribution in [-0.4, -0.2) is 68.2 Å². The van der Waals surface area contributed by atoms with Gasteiger partial charge in [-0.3, -0.25) is 0 Å². The van der Waals surface area contributed by atoms with Gasteiger partial charge in [-0.2, -0.15) is 0 Å². The third-order valence-electron chi connectivity index (χ3n) is 4.11. The number of carbonyl (C=O) groups is 3. The van der Waals surface area contributed by atoms with Crippen molar-refractivity contribution < 1.29 is 28.6 Å². The fourth-order valence-corrected chi connectivity index (χ4v) is 2.44. The van der Waals surface area contributed by atoms with Gasteiger partial charge in [0.05, 0.1) is 13.2 Å². The molecule has 0 aliphatic heterocycles. The van der Waals surface area contributed by atoms with Gasteiger partial charge in [-0.25, -0.2) is 14.4 Å². The molecule has 0 heterocycles. The summed E-state index contributed by atoms with van der Waals surface area (Å²) in [6.07, 6.45) is 4.38. The highest BCUT2D eigenvalue weighted by atomic mass is 16.6. The van der Waals surface area contributed by atoms with Crippen molar-refractivity contribution in [3.63, 3.8) is 0 Å². The van der Waals surface area contributed by atoms with Crippen molar-refractivity contribution in [2.45, 2.75) is 85.2 Å². The minimum Gasteiger partial charge on any atom is -0.450 e. The Bertz CT molecular complexity index is 508. The molecule has 0 bridgehead atoms. The Morgan fingerprint density at radius 2 is 1.29 bits per heavy atom. The molecule has 0 unspecified atom stereocenters. The quantitative estimate of drug-likeness (QED) is 0.285. The molecule has 0 aromatic rings. The molecular weight excluding hydrogens is 402 g/mol. The third-order valence-corrected chi connectivity index (χ3v) is 4.11. The molecule has 182 valence electrons. The normalized spacial score (nSPS) is 10.9. The van der Waals surface area contributed by atoms with Crippen LogP contribution in [-0.2, 0) is 14.2 Å². The predicted octanol–water partition coefficient (Wildman–Crippen LogP) is 4.45. The smallest absolute Gasteiger partial charge is 0.409 e. The lowest BCUT2D eigenvalue weighted by molar-refractivity contribution is 0.0525. The summed E-state index contributed by atoms with van der Waals surface area (Å²) in [5.74, 6) is 0. The molecule has 9 nitrogen and oxygen atoms in total. The van der Waals surface area contributed by atoms with Crippen LogP contribution < -0.4 is 10.6 Å². The van der Waals surface area contributed by atoms with Crippen molar-refractivity contribution >= 4 is 18.3 Å². The summed E-state index contributed by atoms with van der Waals surface area (Å²) in [5, 5.41) is 5.41. The molecule has 31 heavy (non-hydrogen) atoms. The molecule has 0 atom stereocenters. The Labute approximate surface area is 187 Å². The van der Waals surface area contributed by atoms with E-state index in [2.05, 4.69) is 10.6 Å². The van der Waals surface area contributed by atoms with Gasteiger partial charge >= 0.3 is 18.3 Å². The number of carbonyl (C=O) groups excluding carboxylic acids is 3. The van der Waals surface area contributed by atoms with Crippen molar-refractivity contribution in [3.8, 4) is 0 Å². The van der Waals surface area contributed by atoms with Crippen molar-refractivity contribution in [2.75, 3.05) is 39.4 Å². The van der Waals surface area contributed by atoms with E-state index in [1.807, 2.05) is 34.6 Å². The fourth-order valence-electron chi connectivity index (χ4n) is 2.44. The number of ether oxygens (including phenoxy) is 3. The molecule has 9 heteroatoms. The average Bonchev–Trinajstić information content (AvgIpc) is 2.68. The van der Waals surface area contributed by atoms with Crippen LogP contribution in [0.5, 0.6) is 0 Å². The van der Waals surface area contributed by atoms with E-state index in [1.165, 1.54) is 0 Å². The summed E-state index contributed by atoms with van der Waals surface area (Å²) < 4.78 is 15.6. The minimum absolute atomic E-state index is 0.348. The van der Waals surface area contributed by atoms with Gasteiger partial charge in [0.1, 0.15) is 5.60 Å². The van der Waals surface area contributed by atoms with E-state index in [0.29, 0.717) is 58.7 Å². The minimum atomic E-state index is -0.528. The van der Waals surface area contributed by atoms with Gasteiger partial charge in [0.15, 0.2) is 0 Å². The van der Waals surface area contributed by atoms with E-state index in [1.54, 1.807) is 4.90 Å². The monoisotopic (exact) mass is 445 g/mol. The Morgan fingerprint density at radius 1 is 0.742 bits per heavy atom. The maximum absolute atomic E-state index is 12.4. The molecule has 0 aromatic carbocycles. The van der Waals surface area contributed by atoms with E-state index in [4.69, 9.17) is 14.2 Å². The van der Waals surface area contributed by atoms with Gasteiger partial charge in [-0.05, 0) is 52.9 Å². The Hall–Kier alpha value is -2.19. The molecule has 0 radical (unpaired) electrons. The van der Waals surface area contributed by atoms with Crippen molar-refractivity contribution in [3.05, 3.63) is 0 Å². The molecule has 0 rings (SSSR count). The molecule has 0 aliphatic carbocycles. The average molecular weight is 446 g/mol. The number of nitrogens with one attached hydrogen (secondary N) is 2. The number of nitrogens with zero attached hydrogens (tertiary/aromatic N) is 1. The summed E-state index contributed by atoms with van der Waals surface area (Å²) in [4.78, 5) is 37.2. The van der Waals surface area contributed by atoms with Gasteiger partial charge in [0, 0.05) is 26.2 Å². The van der Waals surface area contributed by atoms with Crippen LogP contribution in [0.3, 0.4) is 0 Å². The van der Waals surface area contributed by atoms with Crippen LogP contribution in [0.15, 0.2) is 0 Å². The molecule has 0 saturated heterocycles. The molecule has 2 N–H and O–H groups in total. The lowest BCUT2D eigenvalue weighted by atomic mass is 10.2.